The lowest BCUT2D eigenvalue weighted by Crippen LogP contribution is -2.64. The highest BCUT2D eigenvalue weighted by Crippen LogP contribution is 2.35. The molecule has 0 N–H and O–H groups in total. The molecule has 1 amide bonds. The van der Waals surface area contributed by atoms with Gasteiger partial charge in [-0.15, -0.1) is 0 Å². The quantitative estimate of drug-likeness (QED) is 0.809. The first kappa shape index (κ1) is 17.0. The number of fused-ring (bicyclic) bond motifs is 1. The Morgan fingerprint density at radius 1 is 1.04 bits per heavy atom. The van der Waals surface area contributed by atoms with Crippen molar-refractivity contribution in [2.45, 2.75) is 57.2 Å². The summed E-state index contributed by atoms with van der Waals surface area (Å²) in [7, 11) is -3.11. The van der Waals surface area contributed by atoms with Crippen LogP contribution in [0.15, 0.2) is 24.3 Å². The van der Waals surface area contributed by atoms with Crippen molar-refractivity contribution >= 4 is 21.4 Å². The molecule has 25 heavy (non-hydrogen) atoms. The molecule has 1 aromatic carbocycles. The summed E-state index contributed by atoms with van der Waals surface area (Å²) in [5, 5.41) is 0. The van der Waals surface area contributed by atoms with E-state index in [0.29, 0.717) is 12.6 Å². The van der Waals surface area contributed by atoms with Crippen LogP contribution in [0.3, 0.4) is 0 Å². The van der Waals surface area contributed by atoms with E-state index in [0.717, 1.165) is 24.1 Å². The van der Waals surface area contributed by atoms with Crippen molar-refractivity contribution in [1.82, 2.24) is 4.90 Å². The van der Waals surface area contributed by atoms with Crippen molar-refractivity contribution in [1.29, 1.82) is 0 Å². The third kappa shape index (κ3) is 3.22. The lowest BCUT2D eigenvalue weighted by Gasteiger charge is -2.47. The standard InChI is InChI=1S/C19H26N2O3S/c1-14-6-5-9-16(10-14)21-18-13-25(23,24)12-17(18)20(11-19(21)22)15-7-3-2-4-8-15/h5-6,9-10,15,17-18H,2-4,7-8,11-13H2,1H3. The maximum absolute atomic E-state index is 13.0. The minimum absolute atomic E-state index is 0.0366. The molecule has 1 aliphatic carbocycles. The van der Waals surface area contributed by atoms with E-state index in [1.807, 2.05) is 31.2 Å². The average Bonchev–Trinajstić information content (AvgIpc) is 2.89. The summed E-state index contributed by atoms with van der Waals surface area (Å²) in [5.41, 5.74) is 1.91. The molecule has 0 aromatic heterocycles. The summed E-state index contributed by atoms with van der Waals surface area (Å²) >= 11 is 0. The minimum Gasteiger partial charge on any atom is -0.306 e. The van der Waals surface area contributed by atoms with E-state index in [4.69, 9.17) is 0 Å². The maximum Gasteiger partial charge on any atom is 0.241 e. The van der Waals surface area contributed by atoms with E-state index in [1.54, 1.807) is 4.90 Å². The zero-order valence-electron chi connectivity index (χ0n) is 14.7. The Balaban J connectivity index is 1.69. The number of piperazine rings is 1. The van der Waals surface area contributed by atoms with Gasteiger partial charge >= 0.3 is 0 Å². The molecule has 2 saturated heterocycles. The summed E-state index contributed by atoms with van der Waals surface area (Å²) < 4.78 is 24.8. The summed E-state index contributed by atoms with van der Waals surface area (Å²) in [5.74, 6) is 0.305. The molecule has 2 heterocycles. The zero-order chi connectivity index (χ0) is 17.6. The van der Waals surface area contributed by atoms with Crippen molar-refractivity contribution < 1.29 is 13.2 Å². The number of carbonyl (C=O) groups excluding carboxylic acids is 1. The minimum atomic E-state index is -3.11. The van der Waals surface area contributed by atoms with E-state index in [9.17, 15) is 13.2 Å². The first-order valence-electron chi connectivity index (χ1n) is 9.29. The topological polar surface area (TPSA) is 57.7 Å². The van der Waals surface area contributed by atoms with Gasteiger partial charge in [0.1, 0.15) is 0 Å². The van der Waals surface area contributed by atoms with E-state index >= 15 is 0 Å². The Kier molecular flexibility index (Phi) is 4.36. The highest BCUT2D eigenvalue weighted by atomic mass is 32.2. The molecule has 0 spiro atoms. The van der Waals surface area contributed by atoms with Crippen LogP contribution in [0.1, 0.15) is 37.7 Å². The molecule has 1 saturated carbocycles. The molecule has 0 bridgehead atoms. The van der Waals surface area contributed by atoms with Crippen LogP contribution in [0.5, 0.6) is 0 Å². The molecule has 2 unspecified atom stereocenters. The number of benzene rings is 1. The molecule has 4 rings (SSSR count). The summed E-state index contributed by atoms with van der Waals surface area (Å²) in [4.78, 5) is 17.0. The van der Waals surface area contributed by atoms with Crippen LogP contribution < -0.4 is 4.90 Å². The fourth-order valence-electron chi connectivity index (χ4n) is 4.83. The fraction of sp³-hybridized carbons (Fsp3) is 0.632. The molecule has 6 heteroatoms. The number of nitrogens with zero attached hydrogens (tertiary/aromatic N) is 2. The number of hydrogen-bond donors (Lipinski definition) is 0. The van der Waals surface area contributed by atoms with Crippen LogP contribution >= 0.6 is 0 Å². The van der Waals surface area contributed by atoms with Crippen molar-refractivity contribution in [2.24, 2.45) is 0 Å². The van der Waals surface area contributed by atoms with E-state index < -0.39 is 9.84 Å². The number of sulfone groups is 1. The third-order valence-corrected chi connectivity index (χ3v) is 7.66. The summed E-state index contributed by atoms with van der Waals surface area (Å²) in [6.07, 6.45) is 5.78. The first-order valence-corrected chi connectivity index (χ1v) is 11.1. The van der Waals surface area contributed by atoms with E-state index in [-0.39, 0.29) is 29.5 Å². The van der Waals surface area contributed by atoms with Gasteiger partial charge in [-0.25, -0.2) is 8.42 Å². The monoisotopic (exact) mass is 362 g/mol. The molecule has 2 aliphatic heterocycles. The molecule has 3 aliphatic rings. The second-order valence-corrected chi connectivity index (χ2v) is 9.93. The van der Waals surface area contributed by atoms with Crippen molar-refractivity contribution in [3.05, 3.63) is 29.8 Å². The number of aryl methyl sites for hydroxylation is 1. The third-order valence-electron chi connectivity index (χ3n) is 5.96. The van der Waals surface area contributed by atoms with Gasteiger partial charge in [0.2, 0.25) is 5.91 Å². The van der Waals surface area contributed by atoms with Crippen LogP contribution in [-0.2, 0) is 14.6 Å². The molecule has 136 valence electrons. The normalized spacial score (nSPS) is 30.4. The Labute approximate surface area is 149 Å². The summed E-state index contributed by atoms with van der Waals surface area (Å²) in [6.45, 7) is 2.34. The lowest BCUT2D eigenvalue weighted by atomic mass is 9.91. The lowest BCUT2D eigenvalue weighted by molar-refractivity contribution is -0.124. The van der Waals surface area contributed by atoms with Gasteiger partial charge in [-0.05, 0) is 37.5 Å². The Morgan fingerprint density at radius 2 is 1.76 bits per heavy atom. The van der Waals surface area contributed by atoms with Crippen LogP contribution in [0.2, 0.25) is 0 Å². The summed E-state index contributed by atoms with van der Waals surface area (Å²) in [6, 6.07) is 7.87. The molecule has 3 fully saturated rings. The van der Waals surface area contributed by atoms with Gasteiger partial charge in [0.15, 0.2) is 9.84 Å². The number of amides is 1. The number of hydrogen-bond acceptors (Lipinski definition) is 4. The molecular formula is C19H26N2O3S. The average molecular weight is 362 g/mol. The van der Waals surface area contributed by atoms with Gasteiger partial charge in [-0.2, -0.15) is 0 Å². The second-order valence-electron chi connectivity index (χ2n) is 7.78. The van der Waals surface area contributed by atoms with Crippen molar-refractivity contribution in [3.63, 3.8) is 0 Å². The van der Waals surface area contributed by atoms with Gasteiger partial charge < -0.3 is 4.90 Å². The SMILES string of the molecule is Cc1cccc(N2C(=O)CN(C3CCCCC3)C3CS(=O)(=O)CC32)c1. The highest BCUT2D eigenvalue weighted by molar-refractivity contribution is 7.91. The molecule has 1 aromatic rings. The van der Waals surface area contributed by atoms with Crippen LogP contribution in [0.25, 0.3) is 0 Å². The van der Waals surface area contributed by atoms with Gasteiger partial charge in [-0.1, -0.05) is 31.4 Å². The molecule has 0 radical (unpaired) electrons. The highest BCUT2D eigenvalue weighted by Gasteiger charge is 2.51. The van der Waals surface area contributed by atoms with Crippen LogP contribution in [0, 0.1) is 6.92 Å². The smallest absolute Gasteiger partial charge is 0.241 e. The van der Waals surface area contributed by atoms with Crippen molar-refractivity contribution in [3.8, 4) is 0 Å². The number of anilines is 1. The predicted octanol–water partition coefficient (Wildman–Crippen LogP) is 2.14. The maximum atomic E-state index is 13.0. The van der Waals surface area contributed by atoms with Gasteiger partial charge in [0.25, 0.3) is 0 Å². The Bertz CT molecular complexity index is 771. The largest absolute Gasteiger partial charge is 0.306 e. The van der Waals surface area contributed by atoms with E-state index in [2.05, 4.69) is 4.90 Å². The second kappa shape index (κ2) is 6.40. The van der Waals surface area contributed by atoms with Gasteiger partial charge in [0.05, 0.1) is 24.1 Å². The van der Waals surface area contributed by atoms with Crippen LogP contribution in [-0.4, -0.2) is 55.4 Å². The van der Waals surface area contributed by atoms with Crippen LogP contribution in [0.4, 0.5) is 5.69 Å². The molecular weight excluding hydrogens is 336 g/mol. The Morgan fingerprint density at radius 3 is 2.48 bits per heavy atom. The van der Waals surface area contributed by atoms with Gasteiger partial charge in [0, 0.05) is 17.8 Å². The fourth-order valence-corrected chi connectivity index (χ4v) is 6.80. The number of rotatable bonds is 2. The van der Waals surface area contributed by atoms with E-state index in [1.165, 1.54) is 19.3 Å². The molecule has 2 atom stereocenters. The Hall–Kier alpha value is -1.40. The van der Waals surface area contributed by atoms with Crippen molar-refractivity contribution in [2.75, 3.05) is 23.0 Å². The predicted molar refractivity (Wildman–Crippen MR) is 98.5 cm³/mol. The zero-order valence-corrected chi connectivity index (χ0v) is 15.5. The number of carbonyl (C=O) groups is 1. The molecule has 5 nitrogen and oxygen atoms in total. The first-order chi connectivity index (χ1) is 11.9. The van der Waals surface area contributed by atoms with Gasteiger partial charge in [-0.3, -0.25) is 9.69 Å².